The Labute approximate surface area is 176 Å². The quantitative estimate of drug-likeness (QED) is 0.386. The maximum Gasteiger partial charge on any atom is 0.0769 e. The Morgan fingerprint density at radius 2 is 1.22 bits per heavy atom. The van der Waals surface area contributed by atoms with Crippen molar-refractivity contribution in [1.82, 2.24) is 0 Å². The topological polar surface area (TPSA) is 4.44 Å². The second-order valence-corrected chi connectivity index (χ2v) is 8.63. The number of benzene rings is 1. The molecular weight excluding hydrogens is 350 g/mol. The van der Waals surface area contributed by atoms with Crippen LogP contribution < -0.4 is 17.3 Å². The van der Waals surface area contributed by atoms with Crippen LogP contribution in [-0.4, -0.2) is 20.6 Å². The van der Waals surface area contributed by atoms with E-state index in [2.05, 4.69) is 51.4 Å². The third-order valence-electron chi connectivity index (χ3n) is 5.64. The van der Waals surface area contributed by atoms with Crippen molar-refractivity contribution in [3.63, 3.8) is 0 Å². The molecule has 0 amide bonds. The monoisotopic (exact) mass is 395 g/mol. The van der Waals surface area contributed by atoms with Gasteiger partial charge in [-0.3, -0.25) is 0 Å². The van der Waals surface area contributed by atoms with Crippen LogP contribution in [0, 0.1) is 5.92 Å². The lowest BCUT2D eigenvalue weighted by molar-refractivity contribution is -0.858. The molecule has 0 saturated heterocycles. The van der Waals surface area contributed by atoms with Gasteiger partial charge in [0.2, 0.25) is 0 Å². The molecule has 0 bridgehead atoms. The van der Waals surface area contributed by atoms with Gasteiger partial charge in [-0.1, -0.05) is 108 Å². The standard InChI is InChI=1S/C25H45N.ClH/c1-4-5-6-7-8-9-10-11-12-13-15-20-25(21-22-26(2)3)23-24-18-16-14-17-19-24;/h14,16-19,25H,4-13,15,20-23H2,1-3H3;1H. The van der Waals surface area contributed by atoms with Crippen molar-refractivity contribution in [2.24, 2.45) is 5.92 Å². The molecule has 1 N–H and O–H groups in total. The predicted octanol–water partition coefficient (Wildman–Crippen LogP) is 3.09. The predicted molar refractivity (Wildman–Crippen MR) is 117 cm³/mol. The largest absolute Gasteiger partial charge is 1.00 e. The molecule has 1 rings (SSSR count). The molecular formula is C25H46ClN. The minimum atomic E-state index is 0. The summed E-state index contributed by atoms with van der Waals surface area (Å²) >= 11 is 0. The molecule has 0 aliphatic carbocycles. The van der Waals surface area contributed by atoms with Gasteiger partial charge in [-0.15, -0.1) is 0 Å². The fraction of sp³-hybridized carbons (Fsp3) is 0.760. The molecule has 1 aromatic rings. The number of quaternary nitrogens is 1. The zero-order valence-electron chi connectivity index (χ0n) is 18.4. The average Bonchev–Trinajstić information content (AvgIpc) is 2.64. The first-order valence-electron chi connectivity index (χ1n) is 11.5. The van der Waals surface area contributed by atoms with Crippen molar-refractivity contribution < 1.29 is 17.3 Å². The normalized spacial score (nSPS) is 12.1. The van der Waals surface area contributed by atoms with E-state index >= 15 is 0 Å². The lowest BCUT2D eigenvalue weighted by Gasteiger charge is -2.18. The fourth-order valence-electron chi connectivity index (χ4n) is 3.89. The van der Waals surface area contributed by atoms with E-state index in [-0.39, 0.29) is 12.4 Å². The Morgan fingerprint density at radius 1 is 0.704 bits per heavy atom. The molecule has 0 aliphatic heterocycles. The highest BCUT2D eigenvalue weighted by molar-refractivity contribution is 5.15. The number of hydrogen-bond donors (Lipinski definition) is 1. The average molecular weight is 396 g/mol. The lowest BCUT2D eigenvalue weighted by Crippen LogP contribution is -3.05. The van der Waals surface area contributed by atoms with E-state index in [9.17, 15) is 0 Å². The summed E-state index contributed by atoms with van der Waals surface area (Å²) in [4.78, 5) is 1.59. The van der Waals surface area contributed by atoms with E-state index in [0.29, 0.717) is 0 Å². The Bertz CT molecular complexity index is 404. The highest BCUT2D eigenvalue weighted by Crippen LogP contribution is 2.20. The van der Waals surface area contributed by atoms with E-state index in [1.807, 2.05) is 0 Å². The number of rotatable bonds is 17. The van der Waals surface area contributed by atoms with Gasteiger partial charge in [0.15, 0.2) is 0 Å². The number of halogens is 1. The number of unbranched alkanes of at least 4 members (excludes halogenated alkanes) is 10. The summed E-state index contributed by atoms with van der Waals surface area (Å²) in [5.41, 5.74) is 1.52. The van der Waals surface area contributed by atoms with Crippen molar-refractivity contribution in [3.8, 4) is 0 Å². The van der Waals surface area contributed by atoms with Gasteiger partial charge in [-0.05, 0) is 30.7 Å². The summed E-state index contributed by atoms with van der Waals surface area (Å²) in [5.74, 6) is 0.867. The van der Waals surface area contributed by atoms with E-state index in [0.717, 1.165) is 5.92 Å². The van der Waals surface area contributed by atoms with Crippen LogP contribution in [0.15, 0.2) is 30.3 Å². The molecule has 1 aromatic carbocycles. The summed E-state index contributed by atoms with van der Waals surface area (Å²) in [5, 5.41) is 0. The van der Waals surface area contributed by atoms with Gasteiger partial charge in [0.1, 0.15) is 0 Å². The SMILES string of the molecule is CCCCCCCCCCCCCC(CC[NH+](C)C)Cc1ccccc1.[Cl-]. The Morgan fingerprint density at radius 3 is 1.74 bits per heavy atom. The first kappa shape index (κ1) is 26.5. The smallest absolute Gasteiger partial charge is 0.0769 e. The van der Waals surface area contributed by atoms with Gasteiger partial charge in [0.25, 0.3) is 0 Å². The molecule has 1 nitrogen and oxygen atoms in total. The zero-order chi connectivity index (χ0) is 18.9. The van der Waals surface area contributed by atoms with Crippen LogP contribution in [-0.2, 0) is 6.42 Å². The molecule has 0 aromatic heterocycles. The lowest BCUT2D eigenvalue weighted by atomic mass is 9.90. The highest BCUT2D eigenvalue weighted by Gasteiger charge is 2.11. The van der Waals surface area contributed by atoms with Gasteiger partial charge in [-0.25, -0.2) is 0 Å². The van der Waals surface area contributed by atoms with Gasteiger partial charge in [0.05, 0.1) is 20.6 Å². The third-order valence-corrected chi connectivity index (χ3v) is 5.64. The minimum absolute atomic E-state index is 0. The van der Waals surface area contributed by atoms with Crippen LogP contribution in [0.4, 0.5) is 0 Å². The zero-order valence-corrected chi connectivity index (χ0v) is 19.2. The van der Waals surface area contributed by atoms with Gasteiger partial charge in [0, 0.05) is 0 Å². The van der Waals surface area contributed by atoms with Crippen LogP contribution in [0.3, 0.4) is 0 Å². The second kappa shape index (κ2) is 18.8. The van der Waals surface area contributed by atoms with E-state index in [1.54, 1.807) is 4.90 Å². The third kappa shape index (κ3) is 16.2. The van der Waals surface area contributed by atoms with Gasteiger partial charge >= 0.3 is 0 Å². The second-order valence-electron chi connectivity index (χ2n) is 8.63. The fourth-order valence-corrected chi connectivity index (χ4v) is 3.89. The van der Waals surface area contributed by atoms with Crippen LogP contribution in [0.5, 0.6) is 0 Å². The van der Waals surface area contributed by atoms with Gasteiger partial charge in [-0.2, -0.15) is 0 Å². The van der Waals surface area contributed by atoms with Crippen LogP contribution in [0.2, 0.25) is 0 Å². The molecule has 1 atom stereocenters. The molecule has 1 unspecified atom stereocenters. The van der Waals surface area contributed by atoms with Crippen LogP contribution >= 0.6 is 0 Å². The molecule has 0 spiro atoms. The van der Waals surface area contributed by atoms with E-state index < -0.39 is 0 Å². The maximum atomic E-state index is 2.30. The highest BCUT2D eigenvalue weighted by atomic mass is 35.5. The Kier molecular flexibility index (Phi) is 18.4. The maximum absolute atomic E-state index is 2.30. The summed E-state index contributed by atoms with van der Waals surface area (Å²) < 4.78 is 0. The Balaban J connectivity index is 0.00000676. The van der Waals surface area contributed by atoms with Crippen LogP contribution in [0.25, 0.3) is 0 Å². The summed E-state index contributed by atoms with van der Waals surface area (Å²) in [6.45, 7) is 3.60. The first-order valence-corrected chi connectivity index (χ1v) is 11.5. The molecule has 0 heterocycles. The first-order chi connectivity index (χ1) is 12.7. The van der Waals surface area contributed by atoms with Crippen molar-refractivity contribution in [1.29, 1.82) is 0 Å². The van der Waals surface area contributed by atoms with E-state index in [1.165, 1.54) is 102 Å². The van der Waals surface area contributed by atoms with E-state index in [4.69, 9.17) is 0 Å². The molecule has 0 saturated carbocycles. The van der Waals surface area contributed by atoms with Crippen molar-refractivity contribution in [3.05, 3.63) is 35.9 Å². The van der Waals surface area contributed by atoms with Crippen molar-refractivity contribution in [2.45, 2.75) is 96.8 Å². The van der Waals surface area contributed by atoms with Gasteiger partial charge < -0.3 is 17.3 Å². The number of nitrogens with one attached hydrogen (secondary N) is 1. The molecule has 27 heavy (non-hydrogen) atoms. The number of hydrogen-bond acceptors (Lipinski definition) is 0. The Hall–Kier alpha value is -0.530. The summed E-state index contributed by atoms with van der Waals surface area (Å²) in [7, 11) is 4.56. The summed E-state index contributed by atoms with van der Waals surface area (Å²) in [6.07, 6.45) is 19.9. The van der Waals surface area contributed by atoms with Crippen molar-refractivity contribution >= 4 is 0 Å². The summed E-state index contributed by atoms with van der Waals surface area (Å²) in [6, 6.07) is 11.1. The minimum Gasteiger partial charge on any atom is -1.00 e. The molecule has 158 valence electrons. The van der Waals surface area contributed by atoms with Crippen LogP contribution in [0.1, 0.15) is 96.0 Å². The molecule has 2 heteroatoms. The van der Waals surface area contributed by atoms with Crippen molar-refractivity contribution in [2.75, 3.05) is 20.6 Å². The molecule has 0 aliphatic rings. The molecule has 0 fully saturated rings. The molecule has 0 radical (unpaired) electrons.